The number of aromatic nitrogens is 2. The minimum Gasteiger partial charge on any atom is -0.374 e. The standard InChI is InChI=1S/C17H23N3O/c1-6-21-10-17-19-15(9-16(18-5)20-17)14-8-12(3)11(2)7-13(14)4/h7-9H,6,10H2,1-5H3,(H,18,19,20). The maximum atomic E-state index is 5.43. The summed E-state index contributed by atoms with van der Waals surface area (Å²) in [5, 5.41) is 3.09. The van der Waals surface area contributed by atoms with E-state index in [1.165, 1.54) is 16.7 Å². The van der Waals surface area contributed by atoms with E-state index >= 15 is 0 Å². The molecule has 1 aromatic carbocycles. The smallest absolute Gasteiger partial charge is 0.157 e. The first kappa shape index (κ1) is 15.4. The van der Waals surface area contributed by atoms with E-state index in [4.69, 9.17) is 4.74 Å². The molecule has 112 valence electrons. The molecule has 0 saturated heterocycles. The second kappa shape index (κ2) is 6.68. The summed E-state index contributed by atoms with van der Waals surface area (Å²) < 4.78 is 5.43. The summed E-state index contributed by atoms with van der Waals surface area (Å²) in [5.74, 6) is 1.52. The molecule has 0 aliphatic carbocycles. The van der Waals surface area contributed by atoms with Gasteiger partial charge in [0.15, 0.2) is 5.82 Å². The zero-order valence-corrected chi connectivity index (χ0v) is 13.4. The highest BCUT2D eigenvalue weighted by Crippen LogP contribution is 2.26. The molecule has 1 aromatic heterocycles. The second-order valence-electron chi connectivity index (χ2n) is 5.19. The Morgan fingerprint density at radius 1 is 1.00 bits per heavy atom. The molecule has 0 bridgehead atoms. The van der Waals surface area contributed by atoms with Gasteiger partial charge in [-0.3, -0.25) is 0 Å². The number of hydrogen-bond donors (Lipinski definition) is 1. The van der Waals surface area contributed by atoms with Crippen molar-refractivity contribution in [2.24, 2.45) is 0 Å². The lowest BCUT2D eigenvalue weighted by atomic mass is 9.98. The number of aryl methyl sites for hydroxylation is 3. The molecule has 1 N–H and O–H groups in total. The summed E-state index contributed by atoms with van der Waals surface area (Å²) in [5.41, 5.74) is 5.88. The number of rotatable bonds is 5. The zero-order valence-electron chi connectivity index (χ0n) is 13.4. The van der Waals surface area contributed by atoms with Crippen LogP contribution < -0.4 is 5.32 Å². The summed E-state index contributed by atoms with van der Waals surface area (Å²) in [6.07, 6.45) is 0. The van der Waals surface area contributed by atoms with Gasteiger partial charge in [-0.1, -0.05) is 6.07 Å². The van der Waals surface area contributed by atoms with Crippen molar-refractivity contribution in [1.29, 1.82) is 0 Å². The first-order chi connectivity index (χ1) is 10.0. The molecule has 4 nitrogen and oxygen atoms in total. The molecule has 0 amide bonds. The van der Waals surface area contributed by atoms with Gasteiger partial charge in [0, 0.05) is 25.3 Å². The van der Waals surface area contributed by atoms with E-state index in [0.29, 0.717) is 19.0 Å². The van der Waals surface area contributed by atoms with Gasteiger partial charge in [0.25, 0.3) is 0 Å². The Morgan fingerprint density at radius 2 is 1.71 bits per heavy atom. The van der Waals surface area contributed by atoms with Gasteiger partial charge in [-0.15, -0.1) is 0 Å². The average Bonchev–Trinajstić information content (AvgIpc) is 2.48. The summed E-state index contributed by atoms with van der Waals surface area (Å²) in [6, 6.07) is 6.37. The fourth-order valence-electron chi connectivity index (χ4n) is 2.26. The van der Waals surface area contributed by atoms with E-state index < -0.39 is 0 Å². The van der Waals surface area contributed by atoms with Gasteiger partial charge in [0.05, 0.1) is 5.69 Å². The first-order valence-corrected chi connectivity index (χ1v) is 7.26. The van der Waals surface area contributed by atoms with Crippen LogP contribution in [0.1, 0.15) is 29.4 Å². The third kappa shape index (κ3) is 3.58. The number of benzene rings is 1. The van der Waals surface area contributed by atoms with Gasteiger partial charge in [-0.25, -0.2) is 9.97 Å². The minimum atomic E-state index is 0.433. The Bertz CT molecular complexity index is 638. The summed E-state index contributed by atoms with van der Waals surface area (Å²) in [7, 11) is 1.86. The average molecular weight is 285 g/mol. The van der Waals surface area contributed by atoms with E-state index in [-0.39, 0.29) is 0 Å². The lowest BCUT2D eigenvalue weighted by Gasteiger charge is -2.12. The van der Waals surface area contributed by atoms with Crippen LogP contribution in [-0.4, -0.2) is 23.6 Å². The van der Waals surface area contributed by atoms with Crippen LogP contribution in [0.2, 0.25) is 0 Å². The summed E-state index contributed by atoms with van der Waals surface area (Å²) >= 11 is 0. The third-order valence-corrected chi connectivity index (χ3v) is 3.58. The lowest BCUT2D eigenvalue weighted by molar-refractivity contribution is 0.128. The molecule has 0 spiro atoms. The topological polar surface area (TPSA) is 47.0 Å². The molecule has 0 saturated carbocycles. The van der Waals surface area contributed by atoms with Crippen molar-refractivity contribution in [3.8, 4) is 11.3 Å². The van der Waals surface area contributed by atoms with Crippen LogP contribution in [0.3, 0.4) is 0 Å². The minimum absolute atomic E-state index is 0.433. The molecule has 1 heterocycles. The van der Waals surface area contributed by atoms with Crippen molar-refractivity contribution < 1.29 is 4.74 Å². The predicted octanol–water partition coefficient (Wildman–Crippen LogP) is 3.65. The highest BCUT2D eigenvalue weighted by Gasteiger charge is 2.10. The SMILES string of the molecule is CCOCc1nc(NC)cc(-c2cc(C)c(C)cc2C)n1. The lowest BCUT2D eigenvalue weighted by Crippen LogP contribution is -2.04. The van der Waals surface area contributed by atoms with Gasteiger partial charge < -0.3 is 10.1 Å². The molecule has 0 fully saturated rings. The van der Waals surface area contributed by atoms with E-state index in [2.05, 4.69) is 48.2 Å². The Labute approximate surface area is 126 Å². The molecule has 2 rings (SSSR count). The highest BCUT2D eigenvalue weighted by atomic mass is 16.5. The third-order valence-electron chi connectivity index (χ3n) is 3.58. The summed E-state index contributed by atoms with van der Waals surface area (Å²) in [4.78, 5) is 9.08. The highest BCUT2D eigenvalue weighted by molar-refractivity contribution is 5.67. The van der Waals surface area contributed by atoms with Gasteiger partial charge in [-0.2, -0.15) is 0 Å². The fourth-order valence-corrected chi connectivity index (χ4v) is 2.26. The van der Waals surface area contributed by atoms with E-state index in [9.17, 15) is 0 Å². The fraction of sp³-hybridized carbons (Fsp3) is 0.412. The van der Waals surface area contributed by atoms with Gasteiger partial charge in [-0.05, 0) is 50.5 Å². The zero-order chi connectivity index (χ0) is 15.4. The molecule has 2 aromatic rings. The molecule has 4 heteroatoms. The summed E-state index contributed by atoms with van der Waals surface area (Å²) in [6.45, 7) is 9.43. The number of ether oxygens (including phenoxy) is 1. The van der Waals surface area contributed by atoms with Gasteiger partial charge >= 0.3 is 0 Å². The van der Waals surface area contributed by atoms with Crippen LogP contribution in [0.5, 0.6) is 0 Å². The maximum Gasteiger partial charge on any atom is 0.157 e. The molecule has 0 aliphatic heterocycles. The molecule has 21 heavy (non-hydrogen) atoms. The van der Waals surface area contributed by atoms with Crippen molar-refractivity contribution in [3.05, 3.63) is 40.7 Å². The number of nitrogens with one attached hydrogen (secondary N) is 1. The number of hydrogen-bond acceptors (Lipinski definition) is 4. The van der Waals surface area contributed by atoms with Crippen molar-refractivity contribution in [2.75, 3.05) is 19.0 Å². The number of anilines is 1. The Morgan fingerprint density at radius 3 is 2.38 bits per heavy atom. The predicted molar refractivity (Wildman–Crippen MR) is 86.6 cm³/mol. The molecular weight excluding hydrogens is 262 g/mol. The molecule has 0 atom stereocenters. The van der Waals surface area contributed by atoms with Gasteiger partial charge in [0.1, 0.15) is 12.4 Å². The van der Waals surface area contributed by atoms with Crippen LogP contribution in [0.4, 0.5) is 5.82 Å². The van der Waals surface area contributed by atoms with Crippen molar-refractivity contribution in [1.82, 2.24) is 9.97 Å². The number of nitrogens with zero attached hydrogens (tertiary/aromatic N) is 2. The van der Waals surface area contributed by atoms with Crippen LogP contribution in [0, 0.1) is 20.8 Å². The molecule has 0 aliphatic rings. The molecular formula is C17H23N3O. The van der Waals surface area contributed by atoms with Gasteiger partial charge in [0.2, 0.25) is 0 Å². The maximum absolute atomic E-state index is 5.43. The van der Waals surface area contributed by atoms with E-state index in [1.807, 2.05) is 20.0 Å². The second-order valence-corrected chi connectivity index (χ2v) is 5.19. The van der Waals surface area contributed by atoms with Crippen LogP contribution in [0.15, 0.2) is 18.2 Å². The Kier molecular flexibility index (Phi) is 4.91. The van der Waals surface area contributed by atoms with Crippen LogP contribution in [-0.2, 0) is 11.3 Å². The Hall–Kier alpha value is -1.94. The van der Waals surface area contributed by atoms with Crippen LogP contribution in [0.25, 0.3) is 11.3 Å². The van der Waals surface area contributed by atoms with E-state index in [1.54, 1.807) is 0 Å². The van der Waals surface area contributed by atoms with Crippen molar-refractivity contribution in [3.63, 3.8) is 0 Å². The monoisotopic (exact) mass is 285 g/mol. The molecule has 0 radical (unpaired) electrons. The van der Waals surface area contributed by atoms with Crippen LogP contribution >= 0.6 is 0 Å². The first-order valence-electron chi connectivity index (χ1n) is 7.26. The normalized spacial score (nSPS) is 10.7. The quantitative estimate of drug-likeness (QED) is 0.911. The largest absolute Gasteiger partial charge is 0.374 e. The van der Waals surface area contributed by atoms with E-state index in [0.717, 1.165) is 17.1 Å². The molecule has 0 unspecified atom stereocenters. The van der Waals surface area contributed by atoms with Crippen molar-refractivity contribution in [2.45, 2.75) is 34.3 Å². The Balaban J connectivity index is 2.49. The van der Waals surface area contributed by atoms with Crippen molar-refractivity contribution >= 4 is 5.82 Å².